The first kappa shape index (κ1) is 13.7. The summed E-state index contributed by atoms with van der Waals surface area (Å²) < 4.78 is 0. The van der Waals surface area contributed by atoms with Gasteiger partial charge < -0.3 is 15.5 Å². The molecule has 0 heterocycles. The van der Waals surface area contributed by atoms with Crippen molar-refractivity contribution >= 4 is 0 Å². The summed E-state index contributed by atoms with van der Waals surface area (Å²) in [5.41, 5.74) is 5.87. The summed E-state index contributed by atoms with van der Waals surface area (Å²) in [5.74, 6) is 0.675. The van der Waals surface area contributed by atoms with Crippen molar-refractivity contribution in [2.45, 2.75) is 25.8 Å². The molecule has 0 radical (unpaired) electrons. The molecular weight excluding hydrogens is 198 g/mol. The van der Waals surface area contributed by atoms with Crippen molar-refractivity contribution in [3.63, 3.8) is 0 Å². The Morgan fingerprint density at radius 3 is 2.50 bits per heavy atom. The lowest BCUT2D eigenvalue weighted by molar-refractivity contribution is 0.242. The van der Waals surface area contributed by atoms with E-state index in [1.165, 1.54) is 26.1 Å². The van der Waals surface area contributed by atoms with E-state index < -0.39 is 0 Å². The summed E-state index contributed by atoms with van der Waals surface area (Å²) >= 11 is 0. The van der Waals surface area contributed by atoms with Gasteiger partial charge in [0.2, 0.25) is 0 Å². The third-order valence-electron chi connectivity index (χ3n) is 3.22. The molecule has 94 valence electrons. The first-order valence-corrected chi connectivity index (χ1v) is 6.42. The number of hydrogen-bond acceptors (Lipinski definition) is 3. The highest BCUT2D eigenvalue weighted by Crippen LogP contribution is 2.17. The molecule has 2 unspecified atom stereocenters. The molecule has 1 rings (SSSR count). The van der Waals surface area contributed by atoms with Gasteiger partial charge in [-0.1, -0.05) is 19.1 Å². The van der Waals surface area contributed by atoms with Crippen LogP contribution in [0.4, 0.5) is 0 Å². The molecule has 0 spiro atoms. The van der Waals surface area contributed by atoms with Crippen LogP contribution in [0.1, 0.15) is 19.8 Å². The van der Waals surface area contributed by atoms with Crippen LogP contribution in [0.25, 0.3) is 0 Å². The van der Waals surface area contributed by atoms with Crippen molar-refractivity contribution in [2.75, 3.05) is 40.3 Å². The first-order chi connectivity index (χ1) is 7.61. The summed E-state index contributed by atoms with van der Waals surface area (Å²) in [6, 6.07) is 0.297. The fourth-order valence-corrected chi connectivity index (χ4v) is 2.26. The number of rotatable bonds is 7. The van der Waals surface area contributed by atoms with Crippen LogP contribution in [0.5, 0.6) is 0 Å². The van der Waals surface area contributed by atoms with Crippen LogP contribution in [0.2, 0.25) is 0 Å². The summed E-state index contributed by atoms with van der Waals surface area (Å²) in [7, 11) is 4.27. The molecule has 0 bridgehead atoms. The zero-order valence-corrected chi connectivity index (χ0v) is 11.0. The van der Waals surface area contributed by atoms with Crippen molar-refractivity contribution in [1.29, 1.82) is 0 Å². The summed E-state index contributed by atoms with van der Waals surface area (Å²) in [6.45, 7) is 6.94. The van der Waals surface area contributed by atoms with E-state index >= 15 is 0 Å². The summed E-state index contributed by atoms with van der Waals surface area (Å²) in [6.07, 6.45) is 6.82. The van der Waals surface area contributed by atoms with Gasteiger partial charge in [-0.2, -0.15) is 0 Å². The molecule has 0 aromatic rings. The molecule has 1 aliphatic carbocycles. The first-order valence-electron chi connectivity index (χ1n) is 6.42. The molecule has 0 amide bonds. The average molecular weight is 225 g/mol. The highest BCUT2D eigenvalue weighted by Gasteiger charge is 2.17. The number of nitrogens with two attached hydrogens (primary N) is 1. The van der Waals surface area contributed by atoms with E-state index in [-0.39, 0.29) is 0 Å². The molecule has 0 aliphatic heterocycles. The van der Waals surface area contributed by atoms with Crippen LogP contribution < -0.4 is 5.73 Å². The van der Waals surface area contributed by atoms with Gasteiger partial charge in [0.15, 0.2) is 0 Å². The van der Waals surface area contributed by atoms with E-state index in [4.69, 9.17) is 5.73 Å². The quantitative estimate of drug-likeness (QED) is 0.660. The average Bonchev–Trinajstić information content (AvgIpc) is 2.62. The molecule has 0 saturated heterocycles. The van der Waals surface area contributed by atoms with E-state index in [2.05, 4.69) is 43.0 Å². The highest BCUT2D eigenvalue weighted by molar-refractivity contribution is 5.05. The SMILES string of the molecule is CCN(CCCN(C)C)CC1C=CC(N)C1. The standard InChI is InChI=1S/C13H27N3/c1-4-16(9-5-8-15(2)3)11-12-6-7-13(14)10-12/h6-7,12-13H,4-5,8-11,14H2,1-3H3. The maximum absolute atomic E-state index is 5.87. The van der Waals surface area contributed by atoms with Gasteiger partial charge in [-0.05, 0) is 52.5 Å². The Labute approximate surface area is 100 Å². The fraction of sp³-hybridized carbons (Fsp3) is 0.846. The number of hydrogen-bond donors (Lipinski definition) is 1. The van der Waals surface area contributed by atoms with E-state index in [9.17, 15) is 0 Å². The van der Waals surface area contributed by atoms with E-state index in [0.29, 0.717) is 12.0 Å². The summed E-state index contributed by atoms with van der Waals surface area (Å²) in [5, 5.41) is 0. The van der Waals surface area contributed by atoms with Crippen molar-refractivity contribution in [2.24, 2.45) is 11.7 Å². The largest absolute Gasteiger partial charge is 0.324 e. The zero-order chi connectivity index (χ0) is 12.0. The zero-order valence-electron chi connectivity index (χ0n) is 11.0. The maximum atomic E-state index is 5.87. The van der Waals surface area contributed by atoms with Crippen LogP contribution in [-0.2, 0) is 0 Å². The molecule has 16 heavy (non-hydrogen) atoms. The van der Waals surface area contributed by atoms with E-state index in [1.807, 2.05) is 0 Å². The Morgan fingerprint density at radius 2 is 2.00 bits per heavy atom. The van der Waals surface area contributed by atoms with E-state index in [1.54, 1.807) is 0 Å². The molecule has 2 N–H and O–H groups in total. The maximum Gasteiger partial charge on any atom is 0.0229 e. The smallest absolute Gasteiger partial charge is 0.0229 e. The minimum Gasteiger partial charge on any atom is -0.324 e. The van der Waals surface area contributed by atoms with Crippen LogP contribution in [-0.4, -0.2) is 56.1 Å². The molecule has 0 aromatic carbocycles. The van der Waals surface area contributed by atoms with Crippen LogP contribution in [0.15, 0.2) is 12.2 Å². The van der Waals surface area contributed by atoms with Gasteiger partial charge in [0.05, 0.1) is 0 Å². The summed E-state index contributed by atoms with van der Waals surface area (Å²) in [4.78, 5) is 4.79. The van der Waals surface area contributed by atoms with Gasteiger partial charge in [-0.3, -0.25) is 0 Å². The Morgan fingerprint density at radius 1 is 1.25 bits per heavy atom. The lowest BCUT2D eigenvalue weighted by Crippen LogP contribution is -2.32. The Hall–Kier alpha value is -0.380. The van der Waals surface area contributed by atoms with Crippen LogP contribution >= 0.6 is 0 Å². The lowest BCUT2D eigenvalue weighted by Gasteiger charge is -2.24. The molecule has 3 nitrogen and oxygen atoms in total. The van der Waals surface area contributed by atoms with Gasteiger partial charge in [-0.25, -0.2) is 0 Å². The number of nitrogens with zero attached hydrogens (tertiary/aromatic N) is 2. The third kappa shape index (κ3) is 5.10. The van der Waals surface area contributed by atoms with Crippen molar-refractivity contribution < 1.29 is 0 Å². The minimum atomic E-state index is 0.297. The van der Waals surface area contributed by atoms with Crippen molar-refractivity contribution in [3.8, 4) is 0 Å². The lowest BCUT2D eigenvalue weighted by atomic mass is 10.1. The molecule has 3 heteroatoms. The topological polar surface area (TPSA) is 32.5 Å². The van der Waals surface area contributed by atoms with Gasteiger partial charge in [0.25, 0.3) is 0 Å². The van der Waals surface area contributed by atoms with E-state index in [0.717, 1.165) is 13.0 Å². The van der Waals surface area contributed by atoms with Crippen LogP contribution in [0, 0.1) is 5.92 Å². The second-order valence-electron chi connectivity index (χ2n) is 5.09. The second kappa shape index (κ2) is 7.05. The normalized spacial score (nSPS) is 24.9. The predicted molar refractivity (Wildman–Crippen MR) is 70.5 cm³/mol. The molecule has 0 saturated carbocycles. The second-order valence-corrected chi connectivity index (χ2v) is 5.09. The van der Waals surface area contributed by atoms with Crippen molar-refractivity contribution in [3.05, 3.63) is 12.2 Å². The van der Waals surface area contributed by atoms with Gasteiger partial charge in [0, 0.05) is 12.6 Å². The molecule has 2 atom stereocenters. The van der Waals surface area contributed by atoms with Crippen LogP contribution in [0.3, 0.4) is 0 Å². The molecule has 0 aromatic heterocycles. The molecule has 1 aliphatic rings. The molecule has 0 fully saturated rings. The van der Waals surface area contributed by atoms with Gasteiger partial charge >= 0.3 is 0 Å². The van der Waals surface area contributed by atoms with Crippen molar-refractivity contribution in [1.82, 2.24) is 9.80 Å². The minimum absolute atomic E-state index is 0.297. The fourth-order valence-electron chi connectivity index (χ4n) is 2.26. The Balaban J connectivity index is 2.19. The Kier molecular flexibility index (Phi) is 6.03. The predicted octanol–water partition coefficient (Wildman–Crippen LogP) is 1.16. The molecular formula is C13H27N3. The Bertz CT molecular complexity index is 213. The van der Waals surface area contributed by atoms with Gasteiger partial charge in [0.1, 0.15) is 0 Å². The highest BCUT2D eigenvalue weighted by atomic mass is 15.1. The van der Waals surface area contributed by atoms with Gasteiger partial charge in [-0.15, -0.1) is 0 Å². The third-order valence-corrected chi connectivity index (χ3v) is 3.22. The monoisotopic (exact) mass is 225 g/mol.